The summed E-state index contributed by atoms with van der Waals surface area (Å²) in [7, 11) is 2.09. The summed E-state index contributed by atoms with van der Waals surface area (Å²) in [5.41, 5.74) is -0.549. The van der Waals surface area contributed by atoms with E-state index in [1.807, 2.05) is 0 Å². The number of hydrogen-bond acceptors (Lipinski definition) is 7. The van der Waals surface area contributed by atoms with Gasteiger partial charge in [-0.05, 0) is 77.9 Å². The molecule has 0 spiro atoms. The first-order chi connectivity index (χ1) is 26.4. The van der Waals surface area contributed by atoms with Crippen LogP contribution in [0.1, 0.15) is 241 Å². The summed E-state index contributed by atoms with van der Waals surface area (Å²) < 4.78 is 6.07. The van der Waals surface area contributed by atoms with Gasteiger partial charge in [-0.1, -0.05) is 200 Å². The third-order valence-electron chi connectivity index (χ3n) is 11.5. The molecule has 0 rings (SSSR count). The maximum Gasteiger partial charge on any atom is 0.306 e. The van der Waals surface area contributed by atoms with Crippen molar-refractivity contribution in [1.29, 1.82) is 0 Å². The van der Waals surface area contributed by atoms with E-state index >= 15 is 0 Å². The second kappa shape index (κ2) is 36.5. The molecule has 0 aromatic rings. The molecule has 0 saturated heterocycles. The van der Waals surface area contributed by atoms with Crippen molar-refractivity contribution in [3.8, 4) is 0 Å². The highest BCUT2D eigenvalue weighted by Gasteiger charge is 2.28. The van der Waals surface area contributed by atoms with E-state index in [1.165, 1.54) is 96.3 Å². The molecule has 0 aromatic carbocycles. The van der Waals surface area contributed by atoms with Crippen molar-refractivity contribution >= 4 is 39.7 Å². The lowest BCUT2D eigenvalue weighted by atomic mass is 9.88. The lowest BCUT2D eigenvalue weighted by Gasteiger charge is -2.23. The van der Waals surface area contributed by atoms with E-state index in [2.05, 4.69) is 60.4 Å². The zero-order chi connectivity index (χ0) is 41.0. The van der Waals surface area contributed by atoms with Crippen LogP contribution in [-0.2, 0) is 19.1 Å². The van der Waals surface area contributed by atoms with Gasteiger partial charge < -0.3 is 9.64 Å². The Bertz CT molecular complexity index is 924. The van der Waals surface area contributed by atoms with Crippen LogP contribution < -0.4 is 0 Å². The molecular formula is C48H93NO4S2. The van der Waals surface area contributed by atoms with Gasteiger partial charge in [-0.15, -0.1) is 0 Å². The Kier molecular flexibility index (Phi) is 36.2. The fraction of sp³-hybridized carbons (Fsp3) is 0.938. The smallest absolute Gasteiger partial charge is 0.306 e. The second-order valence-corrected chi connectivity index (χ2v) is 20.1. The van der Waals surface area contributed by atoms with Crippen LogP contribution in [0.5, 0.6) is 0 Å². The first-order valence-electron chi connectivity index (χ1n) is 23.6. The Morgan fingerprint density at radius 2 is 0.873 bits per heavy atom. The van der Waals surface area contributed by atoms with Crippen LogP contribution in [0.25, 0.3) is 0 Å². The Morgan fingerprint density at radius 3 is 1.29 bits per heavy atom. The number of esters is 1. The molecule has 0 N–H and O–H groups in total. The van der Waals surface area contributed by atoms with Crippen molar-refractivity contribution < 1.29 is 19.1 Å². The van der Waals surface area contributed by atoms with Gasteiger partial charge in [-0.2, -0.15) is 0 Å². The fourth-order valence-corrected chi connectivity index (χ4v) is 9.19. The molecule has 0 bridgehead atoms. The number of carbonyl (C=O) groups is 3. The van der Waals surface area contributed by atoms with Crippen molar-refractivity contribution in [2.45, 2.75) is 247 Å². The normalized spacial score (nSPS) is 12.7. The van der Waals surface area contributed by atoms with Gasteiger partial charge in [0.15, 0.2) is 10.2 Å². The number of unbranched alkanes of at least 4 members (excludes halogenated alkanes) is 20. The zero-order valence-corrected chi connectivity index (χ0v) is 39.6. The summed E-state index contributed by atoms with van der Waals surface area (Å²) in [6.45, 7) is 17.1. The molecule has 0 aromatic heterocycles. The topological polar surface area (TPSA) is 63.7 Å². The monoisotopic (exact) mass is 812 g/mol. The van der Waals surface area contributed by atoms with Crippen LogP contribution in [0.4, 0.5) is 0 Å². The van der Waals surface area contributed by atoms with E-state index in [9.17, 15) is 14.4 Å². The van der Waals surface area contributed by atoms with Crippen LogP contribution in [0.3, 0.4) is 0 Å². The first-order valence-corrected chi connectivity index (χ1v) is 25.6. The van der Waals surface area contributed by atoms with Gasteiger partial charge in [-0.3, -0.25) is 14.4 Å². The largest absolute Gasteiger partial charge is 0.462 e. The summed E-state index contributed by atoms with van der Waals surface area (Å²) >= 11 is 3.11. The highest BCUT2D eigenvalue weighted by molar-refractivity contribution is 8.14. The van der Waals surface area contributed by atoms with Crippen LogP contribution in [0.2, 0.25) is 0 Å². The van der Waals surface area contributed by atoms with Crippen molar-refractivity contribution in [3.63, 3.8) is 0 Å². The van der Waals surface area contributed by atoms with Crippen LogP contribution in [0.15, 0.2) is 0 Å². The van der Waals surface area contributed by atoms with Gasteiger partial charge in [0.2, 0.25) is 0 Å². The molecule has 0 fully saturated rings. The molecule has 0 heterocycles. The summed E-state index contributed by atoms with van der Waals surface area (Å²) in [5.74, 6) is 1.85. The quantitative estimate of drug-likeness (QED) is 0.0451. The standard InChI is InChI=1S/C48H93NO4S2/c1-9-12-14-16-18-20-22-26-33-42-54-45(51)47(4,5)38-30-24-23-28-35-43(53-44(50)37-34-40-49(8)11-3)36-29-27-31-39-48(6,7)46(52)55-41-32-25-21-19-17-15-13-10-2/h43H,9-42H2,1-8H3. The number of nitrogens with zero attached hydrogens (tertiary/aromatic N) is 1. The number of thioether (sulfide) groups is 2. The summed E-state index contributed by atoms with van der Waals surface area (Å²) in [6, 6.07) is 0. The number of ether oxygens (including phenoxy) is 1. The van der Waals surface area contributed by atoms with Gasteiger partial charge in [0.1, 0.15) is 6.10 Å². The lowest BCUT2D eigenvalue weighted by molar-refractivity contribution is -0.150. The van der Waals surface area contributed by atoms with Gasteiger partial charge in [0.05, 0.1) is 0 Å². The number of carbonyl (C=O) groups excluding carboxylic acids is 3. The van der Waals surface area contributed by atoms with E-state index in [0.717, 1.165) is 114 Å². The Hall–Kier alpha value is -0.530. The lowest BCUT2D eigenvalue weighted by Crippen LogP contribution is -2.22. The molecular weight excluding hydrogens is 719 g/mol. The van der Waals surface area contributed by atoms with Crippen molar-refractivity contribution in [1.82, 2.24) is 4.90 Å². The summed E-state index contributed by atoms with van der Waals surface area (Å²) in [5, 5.41) is 0.700. The van der Waals surface area contributed by atoms with E-state index < -0.39 is 0 Å². The molecule has 55 heavy (non-hydrogen) atoms. The minimum Gasteiger partial charge on any atom is -0.462 e. The number of hydrogen-bond donors (Lipinski definition) is 0. The van der Waals surface area contributed by atoms with Crippen molar-refractivity contribution in [3.05, 3.63) is 0 Å². The molecule has 0 radical (unpaired) electrons. The minimum atomic E-state index is -0.285. The minimum absolute atomic E-state index is 0.0243. The molecule has 0 aliphatic rings. The van der Waals surface area contributed by atoms with Crippen LogP contribution >= 0.6 is 23.5 Å². The Labute approximate surface area is 351 Å². The average molecular weight is 812 g/mol. The SMILES string of the molecule is CCCCCCCCCCCSC(=O)C(C)(C)CCCCCCC(CCCCCC(C)(C)C(=O)SCCCCCCCCCC)OC(=O)CCCN(C)CC. The van der Waals surface area contributed by atoms with Gasteiger partial charge in [-0.25, -0.2) is 0 Å². The van der Waals surface area contributed by atoms with E-state index in [0.29, 0.717) is 16.7 Å². The highest BCUT2D eigenvalue weighted by Crippen LogP contribution is 2.32. The maximum absolute atomic E-state index is 13.0. The molecule has 326 valence electrons. The zero-order valence-electron chi connectivity index (χ0n) is 38.0. The van der Waals surface area contributed by atoms with Gasteiger partial charge in [0, 0.05) is 28.8 Å². The van der Waals surface area contributed by atoms with Crippen LogP contribution in [-0.4, -0.2) is 58.8 Å². The molecule has 7 heteroatoms. The third-order valence-corrected chi connectivity index (χ3v) is 14.1. The highest BCUT2D eigenvalue weighted by atomic mass is 32.2. The first kappa shape index (κ1) is 54.5. The average Bonchev–Trinajstić information content (AvgIpc) is 3.15. The van der Waals surface area contributed by atoms with E-state index in [4.69, 9.17) is 4.74 Å². The summed E-state index contributed by atoms with van der Waals surface area (Å²) in [6.07, 6.45) is 34.7. The molecule has 1 unspecified atom stereocenters. The predicted octanol–water partition coefficient (Wildman–Crippen LogP) is 15.2. The van der Waals surface area contributed by atoms with Crippen molar-refractivity contribution in [2.75, 3.05) is 31.6 Å². The number of rotatable bonds is 40. The van der Waals surface area contributed by atoms with Crippen molar-refractivity contribution in [2.24, 2.45) is 10.8 Å². The molecule has 0 amide bonds. The van der Waals surface area contributed by atoms with Crippen LogP contribution in [0, 0.1) is 10.8 Å². The fourth-order valence-electron chi connectivity index (χ4n) is 7.14. The molecule has 1 atom stereocenters. The molecule has 0 saturated carbocycles. The summed E-state index contributed by atoms with van der Waals surface area (Å²) in [4.78, 5) is 41.0. The Morgan fingerprint density at radius 1 is 0.509 bits per heavy atom. The van der Waals surface area contributed by atoms with Gasteiger partial charge >= 0.3 is 5.97 Å². The van der Waals surface area contributed by atoms with E-state index in [1.54, 1.807) is 23.5 Å². The molecule has 5 nitrogen and oxygen atoms in total. The predicted molar refractivity (Wildman–Crippen MR) is 245 cm³/mol. The maximum atomic E-state index is 13.0. The third kappa shape index (κ3) is 33.0. The second-order valence-electron chi connectivity index (χ2n) is 18.0. The van der Waals surface area contributed by atoms with E-state index in [-0.39, 0.29) is 22.9 Å². The Balaban J connectivity index is 4.48. The molecule has 0 aliphatic carbocycles. The molecule has 0 aliphatic heterocycles. The van der Waals surface area contributed by atoms with Gasteiger partial charge in [0.25, 0.3) is 0 Å².